The van der Waals surface area contributed by atoms with Gasteiger partial charge in [-0.1, -0.05) is 6.07 Å². The van der Waals surface area contributed by atoms with Crippen molar-refractivity contribution in [3.8, 4) is 0 Å². The molecule has 0 spiro atoms. The van der Waals surface area contributed by atoms with Crippen LogP contribution in [0.2, 0.25) is 0 Å². The summed E-state index contributed by atoms with van der Waals surface area (Å²) < 4.78 is 26.0. The summed E-state index contributed by atoms with van der Waals surface area (Å²) in [7, 11) is 0. The van der Waals surface area contributed by atoms with Crippen molar-refractivity contribution in [3.63, 3.8) is 0 Å². The van der Waals surface area contributed by atoms with Crippen LogP contribution in [0.4, 0.5) is 14.6 Å². The Balaban J connectivity index is 2.07. The number of pyridine rings is 1. The summed E-state index contributed by atoms with van der Waals surface area (Å²) in [5.74, 6) is -0.205. The van der Waals surface area contributed by atoms with E-state index in [9.17, 15) is 8.78 Å². The minimum Gasteiger partial charge on any atom is -0.384 e. The predicted octanol–water partition coefficient (Wildman–Crippen LogP) is 3.23. The van der Waals surface area contributed by atoms with E-state index >= 15 is 0 Å². The van der Waals surface area contributed by atoms with Crippen molar-refractivity contribution in [3.05, 3.63) is 53.7 Å². The zero-order valence-electron chi connectivity index (χ0n) is 8.86. The first-order valence-corrected chi connectivity index (χ1v) is 5.93. The maximum Gasteiger partial charge on any atom is 0.139 e. The van der Waals surface area contributed by atoms with E-state index in [4.69, 9.17) is 5.73 Å². The molecule has 0 aliphatic carbocycles. The molecule has 1 aromatic heterocycles. The molecule has 0 bridgehead atoms. The Kier molecular flexibility index (Phi) is 3.58. The average Bonchev–Trinajstić information content (AvgIpc) is 2.28. The molecule has 2 nitrogen and oxygen atoms in total. The van der Waals surface area contributed by atoms with E-state index in [2.05, 4.69) is 4.98 Å². The van der Waals surface area contributed by atoms with Crippen LogP contribution < -0.4 is 5.73 Å². The predicted molar refractivity (Wildman–Crippen MR) is 64.6 cm³/mol. The molecule has 2 N–H and O–H groups in total. The van der Waals surface area contributed by atoms with E-state index in [-0.39, 0.29) is 0 Å². The standard InChI is InChI=1S/C12H10F2N2S/c13-8-4-5-11(10(14)6-8)17-7-9-2-1-3-12(15)16-9/h1-6H,7H2,(H2,15,16). The fourth-order valence-electron chi connectivity index (χ4n) is 1.32. The van der Waals surface area contributed by atoms with Crippen LogP contribution in [0, 0.1) is 11.6 Å². The number of rotatable bonds is 3. The Labute approximate surface area is 102 Å². The molecule has 0 saturated heterocycles. The zero-order chi connectivity index (χ0) is 12.3. The van der Waals surface area contributed by atoms with Gasteiger partial charge < -0.3 is 5.73 Å². The summed E-state index contributed by atoms with van der Waals surface area (Å²) in [6.07, 6.45) is 0. The molecule has 0 aliphatic rings. The molecule has 5 heteroatoms. The van der Waals surface area contributed by atoms with Crippen molar-refractivity contribution < 1.29 is 8.78 Å². The van der Waals surface area contributed by atoms with Gasteiger partial charge in [-0.2, -0.15) is 0 Å². The van der Waals surface area contributed by atoms with E-state index in [1.165, 1.54) is 23.9 Å². The Hall–Kier alpha value is -1.62. The van der Waals surface area contributed by atoms with Crippen molar-refractivity contribution in [1.29, 1.82) is 0 Å². The van der Waals surface area contributed by atoms with E-state index in [1.54, 1.807) is 12.1 Å². The summed E-state index contributed by atoms with van der Waals surface area (Å²) in [6.45, 7) is 0. The maximum absolute atomic E-state index is 13.3. The van der Waals surface area contributed by atoms with Crippen molar-refractivity contribution in [2.75, 3.05) is 5.73 Å². The molecule has 0 aliphatic heterocycles. The van der Waals surface area contributed by atoms with Crippen LogP contribution in [0.25, 0.3) is 0 Å². The molecule has 1 heterocycles. The van der Waals surface area contributed by atoms with Crippen molar-refractivity contribution in [2.45, 2.75) is 10.6 Å². The zero-order valence-corrected chi connectivity index (χ0v) is 9.68. The number of nitrogen functional groups attached to an aromatic ring is 1. The summed E-state index contributed by atoms with van der Waals surface area (Å²) >= 11 is 1.26. The first-order chi connectivity index (χ1) is 8.15. The molecule has 0 saturated carbocycles. The number of benzene rings is 1. The Bertz CT molecular complexity index is 532. The lowest BCUT2D eigenvalue weighted by atomic mass is 10.3. The topological polar surface area (TPSA) is 38.9 Å². The third-order valence-electron chi connectivity index (χ3n) is 2.10. The maximum atomic E-state index is 13.3. The molecule has 0 radical (unpaired) electrons. The van der Waals surface area contributed by atoms with Crippen molar-refractivity contribution in [1.82, 2.24) is 4.98 Å². The molecule has 0 atom stereocenters. The highest BCUT2D eigenvalue weighted by Crippen LogP contribution is 2.25. The number of nitrogens with two attached hydrogens (primary N) is 1. The average molecular weight is 252 g/mol. The summed E-state index contributed by atoms with van der Waals surface area (Å²) in [5, 5.41) is 0. The van der Waals surface area contributed by atoms with E-state index in [0.29, 0.717) is 16.5 Å². The molecular weight excluding hydrogens is 242 g/mol. The van der Waals surface area contributed by atoms with Gasteiger partial charge >= 0.3 is 0 Å². The largest absolute Gasteiger partial charge is 0.384 e. The van der Waals surface area contributed by atoms with Crippen LogP contribution in [0.15, 0.2) is 41.3 Å². The van der Waals surface area contributed by atoms with Crippen LogP contribution in [-0.4, -0.2) is 4.98 Å². The minimum atomic E-state index is -0.575. The van der Waals surface area contributed by atoms with E-state index in [1.807, 2.05) is 6.07 Å². The van der Waals surface area contributed by atoms with Crippen LogP contribution >= 0.6 is 11.8 Å². The van der Waals surface area contributed by atoms with Gasteiger partial charge in [0, 0.05) is 16.7 Å². The van der Waals surface area contributed by atoms with Gasteiger partial charge in [0.05, 0.1) is 5.69 Å². The number of thioether (sulfide) groups is 1. The van der Waals surface area contributed by atoms with Crippen molar-refractivity contribution in [2.24, 2.45) is 0 Å². The normalized spacial score (nSPS) is 10.5. The van der Waals surface area contributed by atoms with Gasteiger partial charge in [0.2, 0.25) is 0 Å². The van der Waals surface area contributed by atoms with E-state index in [0.717, 1.165) is 11.8 Å². The van der Waals surface area contributed by atoms with Gasteiger partial charge in [-0.25, -0.2) is 13.8 Å². The first-order valence-electron chi connectivity index (χ1n) is 4.94. The lowest BCUT2D eigenvalue weighted by molar-refractivity contribution is 0.565. The fraction of sp³-hybridized carbons (Fsp3) is 0.0833. The second kappa shape index (κ2) is 5.14. The first kappa shape index (κ1) is 11.9. The molecule has 88 valence electrons. The van der Waals surface area contributed by atoms with Gasteiger partial charge in [-0.15, -0.1) is 11.8 Å². The quantitative estimate of drug-likeness (QED) is 0.852. The van der Waals surface area contributed by atoms with Crippen LogP contribution in [0.1, 0.15) is 5.69 Å². The lowest BCUT2D eigenvalue weighted by Crippen LogP contribution is -1.93. The fourth-order valence-corrected chi connectivity index (χ4v) is 2.15. The third-order valence-corrected chi connectivity index (χ3v) is 3.18. The number of halogens is 2. The molecule has 0 amide bonds. The Morgan fingerprint density at radius 2 is 2.00 bits per heavy atom. The summed E-state index contributed by atoms with van der Waals surface area (Å²) in [5.41, 5.74) is 6.30. The van der Waals surface area contributed by atoms with Crippen LogP contribution in [-0.2, 0) is 5.75 Å². The Morgan fingerprint density at radius 1 is 1.18 bits per heavy atom. The molecule has 0 unspecified atom stereocenters. The van der Waals surface area contributed by atoms with Gasteiger partial charge in [-0.05, 0) is 24.3 Å². The monoisotopic (exact) mass is 252 g/mol. The highest BCUT2D eigenvalue weighted by Gasteiger charge is 2.05. The van der Waals surface area contributed by atoms with Gasteiger partial charge in [0.25, 0.3) is 0 Å². The molecule has 2 aromatic rings. The second-order valence-electron chi connectivity index (χ2n) is 3.42. The molecular formula is C12H10F2N2S. The minimum absolute atomic E-state index is 0.399. The number of hydrogen-bond donors (Lipinski definition) is 1. The number of hydrogen-bond acceptors (Lipinski definition) is 3. The highest BCUT2D eigenvalue weighted by atomic mass is 32.2. The van der Waals surface area contributed by atoms with Gasteiger partial charge in [-0.3, -0.25) is 0 Å². The highest BCUT2D eigenvalue weighted by molar-refractivity contribution is 7.98. The molecule has 17 heavy (non-hydrogen) atoms. The summed E-state index contributed by atoms with van der Waals surface area (Å²) in [6, 6.07) is 8.81. The van der Waals surface area contributed by atoms with E-state index < -0.39 is 11.6 Å². The van der Waals surface area contributed by atoms with Gasteiger partial charge in [0.15, 0.2) is 0 Å². The molecule has 1 aromatic carbocycles. The van der Waals surface area contributed by atoms with Crippen molar-refractivity contribution >= 4 is 17.6 Å². The third kappa shape index (κ3) is 3.17. The van der Waals surface area contributed by atoms with Crippen LogP contribution in [0.5, 0.6) is 0 Å². The number of aromatic nitrogens is 1. The number of anilines is 1. The molecule has 0 fully saturated rings. The SMILES string of the molecule is Nc1cccc(CSc2ccc(F)cc2F)n1. The summed E-state index contributed by atoms with van der Waals surface area (Å²) in [4.78, 5) is 4.49. The number of nitrogens with zero attached hydrogens (tertiary/aromatic N) is 1. The smallest absolute Gasteiger partial charge is 0.139 e. The van der Waals surface area contributed by atoms with Gasteiger partial charge in [0.1, 0.15) is 17.5 Å². The lowest BCUT2D eigenvalue weighted by Gasteiger charge is -2.03. The van der Waals surface area contributed by atoms with Crippen LogP contribution in [0.3, 0.4) is 0 Å². The molecule has 2 rings (SSSR count). The Morgan fingerprint density at radius 3 is 2.71 bits per heavy atom. The second-order valence-corrected chi connectivity index (χ2v) is 4.43.